The van der Waals surface area contributed by atoms with E-state index in [-0.39, 0.29) is 29.2 Å². The molecule has 0 fully saturated rings. The van der Waals surface area contributed by atoms with E-state index in [0.717, 1.165) is 18.2 Å². The lowest BCUT2D eigenvalue weighted by Crippen LogP contribution is -2.40. The molecule has 1 rings (SSSR count). The summed E-state index contributed by atoms with van der Waals surface area (Å²) in [6, 6.07) is 2.68. The van der Waals surface area contributed by atoms with Crippen molar-refractivity contribution in [2.24, 2.45) is 5.92 Å². The van der Waals surface area contributed by atoms with Crippen molar-refractivity contribution in [3.05, 3.63) is 29.3 Å². The molecule has 1 aromatic carbocycles. The van der Waals surface area contributed by atoms with E-state index in [2.05, 4.69) is 5.32 Å². The van der Waals surface area contributed by atoms with Crippen molar-refractivity contribution in [3.63, 3.8) is 0 Å². The van der Waals surface area contributed by atoms with Gasteiger partial charge in [0.25, 0.3) is 5.91 Å². The predicted molar refractivity (Wildman–Crippen MR) is 73.4 cm³/mol. The molecule has 7 heteroatoms. The van der Waals surface area contributed by atoms with Crippen LogP contribution in [-0.2, 0) is 4.79 Å². The van der Waals surface area contributed by atoms with Crippen LogP contribution in [0.2, 0.25) is 0 Å². The summed E-state index contributed by atoms with van der Waals surface area (Å²) in [7, 11) is 0. The van der Waals surface area contributed by atoms with Gasteiger partial charge in [-0.05, 0) is 24.1 Å². The summed E-state index contributed by atoms with van der Waals surface area (Å²) in [5, 5.41) is 29.7. The van der Waals surface area contributed by atoms with Crippen LogP contribution in [0.3, 0.4) is 0 Å². The molecule has 0 heterocycles. The molecule has 0 unspecified atom stereocenters. The van der Waals surface area contributed by atoms with E-state index < -0.39 is 23.9 Å². The van der Waals surface area contributed by atoms with Crippen molar-refractivity contribution in [1.82, 2.24) is 5.32 Å². The van der Waals surface area contributed by atoms with Crippen LogP contribution in [0.25, 0.3) is 0 Å². The minimum Gasteiger partial charge on any atom is -0.508 e. The maximum Gasteiger partial charge on any atom is 0.335 e. The Balaban J connectivity index is 2.97. The number of hydrogen-bond donors (Lipinski definition) is 4. The maximum atomic E-state index is 12.1. The van der Waals surface area contributed by atoms with E-state index in [4.69, 9.17) is 10.2 Å². The standard InChI is InChI=1S/C14H17NO6/c1-7(2)11(6-12(17)18)15-13(19)8-3-9(14(20)21)5-10(16)4-8/h3-5,7,11,16H,6H2,1-2H3,(H,15,19)(H,17,18)(H,20,21)/t11-/m1/s1. The van der Waals surface area contributed by atoms with Gasteiger partial charge in [0.15, 0.2) is 0 Å². The highest BCUT2D eigenvalue weighted by molar-refractivity contribution is 5.98. The van der Waals surface area contributed by atoms with Crippen molar-refractivity contribution in [1.29, 1.82) is 0 Å². The number of benzene rings is 1. The molecule has 0 radical (unpaired) electrons. The molecule has 0 aliphatic rings. The molecule has 0 aliphatic carbocycles. The summed E-state index contributed by atoms with van der Waals surface area (Å²) in [4.78, 5) is 33.7. The number of hydrogen-bond acceptors (Lipinski definition) is 4. The Morgan fingerprint density at radius 2 is 1.67 bits per heavy atom. The lowest BCUT2D eigenvalue weighted by molar-refractivity contribution is -0.137. The zero-order chi connectivity index (χ0) is 16.2. The lowest BCUT2D eigenvalue weighted by atomic mass is 10.00. The smallest absolute Gasteiger partial charge is 0.335 e. The van der Waals surface area contributed by atoms with E-state index in [9.17, 15) is 19.5 Å². The highest BCUT2D eigenvalue weighted by atomic mass is 16.4. The van der Waals surface area contributed by atoms with Crippen LogP contribution in [0.1, 0.15) is 41.0 Å². The third kappa shape index (κ3) is 4.79. The Kier molecular flexibility index (Phi) is 5.29. The summed E-state index contributed by atoms with van der Waals surface area (Å²) in [6.45, 7) is 3.53. The molecular formula is C14H17NO6. The number of rotatable bonds is 6. The zero-order valence-electron chi connectivity index (χ0n) is 11.7. The molecule has 0 saturated carbocycles. The van der Waals surface area contributed by atoms with Crippen LogP contribution in [0.4, 0.5) is 0 Å². The van der Waals surface area contributed by atoms with Gasteiger partial charge in [-0.15, -0.1) is 0 Å². The average molecular weight is 295 g/mol. The van der Waals surface area contributed by atoms with Gasteiger partial charge in [0.1, 0.15) is 5.75 Å². The number of carboxylic acid groups (broad SMARTS) is 2. The number of carbonyl (C=O) groups is 3. The van der Waals surface area contributed by atoms with Gasteiger partial charge in [-0.1, -0.05) is 13.8 Å². The number of aromatic carboxylic acids is 1. The second-order valence-corrected chi connectivity index (χ2v) is 5.00. The van der Waals surface area contributed by atoms with E-state index in [1.165, 1.54) is 0 Å². The quantitative estimate of drug-likeness (QED) is 0.627. The minimum absolute atomic E-state index is 0.0385. The molecule has 0 bridgehead atoms. The van der Waals surface area contributed by atoms with Gasteiger partial charge in [0.2, 0.25) is 0 Å². The number of amides is 1. The fraction of sp³-hybridized carbons (Fsp3) is 0.357. The molecule has 7 nitrogen and oxygen atoms in total. The van der Waals surface area contributed by atoms with Gasteiger partial charge in [-0.2, -0.15) is 0 Å². The van der Waals surface area contributed by atoms with Crippen LogP contribution in [0.5, 0.6) is 5.75 Å². The molecule has 1 aromatic rings. The van der Waals surface area contributed by atoms with Crippen molar-refractivity contribution in [2.45, 2.75) is 26.3 Å². The highest BCUT2D eigenvalue weighted by Crippen LogP contribution is 2.17. The van der Waals surface area contributed by atoms with Crippen molar-refractivity contribution < 1.29 is 29.7 Å². The molecule has 0 aromatic heterocycles. The first-order chi connectivity index (χ1) is 9.70. The molecule has 114 valence electrons. The Morgan fingerprint density at radius 3 is 2.14 bits per heavy atom. The zero-order valence-corrected chi connectivity index (χ0v) is 11.7. The van der Waals surface area contributed by atoms with E-state index >= 15 is 0 Å². The highest BCUT2D eigenvalue weighted by Gasteiger charge is 2.21. The molecular weight excluding hydrogens is 278 g/mol. The largest absolute Gasteiger partial charge is 0.508 e. The number of aromatic hydroxyl groups is 1. The molecule has 1 amide bonds. The molecule has 0 aliphatic heterocycles. The monoisotopic (exact) mass is 295 g/mol. The fourth-order valence-corrected chi connectivity index (χ4v) is 1.76. The Hall–Kier alpha value is -2.57. The first kappa shape index (κ1) is 16.5. The van der Waals surface area contributed by atoms with Crippen LogP contribution in [0.15, 0.2) is 18.2 Å². The number of aliphatic carboxylic acids is 1. The first-order valence-electron chi connectivity index (χ1n) is 6.30. The second-order valence-electron chi connectivity index (χ2n) is 5.00. The number of phenols is 1. The maximum absolute atomic E-state index is 12.1. The third-order valence-corrected chi connectivity index (χ3v) is 2.94. The van der Waals surface area contributed by atoms with E-state index in [1.807, 2.05) is 0 Å². The van der Waals surface area contributed by atoms with Crippen molar-refractivity contribution in [2.75, 3.05) is 0 Å². The number of phenolic OH excluding ortho intramolecular Hbond substituents is 1. The number of carboxylic acids is 2. The summed E-state index contributed by atoms with van der Waals surface area (Å²) in [5.41, 5.74) is -0.261. The summed E-state index contributed by atoms with van der Waals surface area (Å²) >= 11 is 0. The minimum atomic E-state index is -1.27. The Bertz CT molecular complexity index is 567. The summed E-state index contributed by atoms with van der Waals surface area (Å²) < 4.78 is 0. The van der Waals surface area contributed by atoms with Crippen LogP contribution in [-0.4, -0.2) is 39.2 Å². The normalized spacial score (nSPS) is 12.0. The summed E-state index contributed by atoms with van der Waals surface area (Å²) in [6.07, 6.45) is -0.242. The van der Waals surface area contributed by atoms with Crippen molar-refractivity contribution in [3.8, 4) is 5.75 Å². The SMILES string of the molecule is CC(C)[C@@H](CC(=O)O)NC(=O)c1cc(O)cc(C(=O)O)c1. The van der Waals surface area contributed by atoms with Gasteiger partial charge in [-0.25, -0.2) is 4.79 Å². The third-order valence-electron chi connectivity index (χ3n) is 2.94. The van der Waals surface area contributed by atoms with Gasteiger partial charge in [-0.3, -0.25) is 9.59 Å². The average Bonchev–Trinajstić information content (AvgIpc) is 2.36. The van der Waals surface area contributed by atoms with E-state index in [0.29, 0.717) is 0 Å². The first-order valence-corrected chi connectivity index (χ1v) is 6.30. The predicted octanol–water partition coefficient (Wildman–Crippen LogP) is 1.32. The lowest BCUT2D eigenvalue weighted by Gasteiger charge is -2.20. The van der Waals surface area contributed by atoms with Crippen molar-refractivity contribution >= 4 is 17.8 Å². The molecule has 4 N–H and O–H groups in total. The van der Waals surface area contributed by atoms with Crippen LogP contribution < -0.4 is 5.32 Å². The topological polar surface area (TPSA) is 124 Å². The Morgan fingerprint density at radius 1 is 1.10 bits per heavy atom. The molecule has 1 atom stereocenters. The van der Waals surface area contributed by atoms with Crippen LogP contribution >= 0.6 is 0 Å². The number of nitrogens with one attached hydrogen (secondary N) is 1. The van der Waals surface area contributed by atoms with E-state index in [1.54, 1.807) is 13.8 Å². The van der Waals surface area contributed by atoms with Crippen LogP contribution in [0, 0.1) is 5.92 Å². The Labute approximate surface area is 121 Å². The van der Waals surface area contributed by atoms with Gasteiger partial charge in [0, 0.05) is 11.6 Å². The summed E-state index contributed by atoms with van der Waals surface area (Å²) in [5.74, 6) is -3.41. The van der Waals surface area contributed by atoms with Gasteiger partial charge < -0.3 is 20.6 Å². The molecule has 0 saturated heterocycles. The second kappa shape index (κ2) is 6.74. The number of carbonyl (C=O) groups excluding carboxylic acids is 1. The molecule has 21 heavy (non-hydrogen) atoms. The fourth-order valence-electron chi connectivity index (χ4n) is 1.76. The van der Waals surface area contributed by atoms with Gasteiger partial charge in [0.05, 0.1) is 12.0 Å². The molecule has 0 spiro atoms. The van der Waals surface area contributed by atoms with Gasteiger partial charge >= 0.3 is 11.9 Å².